The Kier molecular flexibility index (Phi) is 3.23. The highest BCUT2D eigenvalue weighted by Gasteiger charge is 2.27. The number of rotatable bonds is 2. The Hall–Kier alpha value is -1.12. The Morgan fingerprint density at radius 3 is 2.78 bits per heavy atom. The highest BCUT2D eigenvalue weighted by molar-refractivity contribution is 7.10. The van der Waals surface area contributed by atoms with E-state index in [0.717, 1.165) is 0 Å². The van der Waals surface area contributed by atoms with Crippen LogP contribution in [0, 0.1) is 6.92 Å². The predicted octanol–water partition coefficient (Wildman–Crippen LogP) is 4.18. The molecule has 2 aromatic rings. The fourth-order valence-electron chi connectivity index (χ4n) is 2.92. The van der Waals surface area contributed by atoms with Crippen molar-refractivity contribution in [2.24, 2.45) is 5.73 Å². The molecule has 1 aromatic carbocycles. The second kappa shape index (κ2) is 4.87. The van der Waals surface area contributed by atoms with Gasteiger partial charge in [-0.3, -0.25) is 0 Å². The van der Waals surface area contributed by atoms with Gasteiger partial charge in [0.25, 0.3) is 0 Å². The van der Waals surface area contributed by atoms with E-state index in [1.165, 1.54) is 36.0 Å². The lowest BCUT2D eigenvalue weighted by Crippen LogP contribution is -2.22. The molecule has 1 aliphatic rings. The third-order valence-corrected chi connectivity index (χ3v) is 4.99. The topological polar surface area (TPSA) is 26.0 Å². The van der Waals surface area contributed by atoms with E-state index >= 15 is 0 Å². The van der Waals surface area contributed by atoms with Gasteiger partial charge >= 0.3 is 0 Å². The number of thiophene rings is 1. The van der Waals surface area contributed by atoms with Crippen LogP contribution in [0.15, 0.2) is 35.7 Å². The van der Waals surface area contributed by atoms with Crippen LogP contribution >= 0.6 is 11.3 Å². The number of nitrogens with two attached hydrogens (primary N) is 1. The van der Waals surface area contributed by atoms with E-state index in [2.05, 4.69) is 42.6 Å². The molecule has 0 aliphatic heterocycles. The van der Waals surface area contributed by atoms with Gasteiger partial charge in [-0.15, -0.1) is 11.3 Å². The summed E-state index contributed by atoms with van der Waals surface area (Å²) in [5.41, 5.74) is 10.6. The maximum Gasteiger partial charge on any atom is 0.0364 e. The molecule has 18 heavy (non-hydrogen) atoms. The predicted molar refractivity (Wildman–Crippen MR) is 78.1 cm³/mol. The van der Waals surface area contributed by atoms with Crippen LogP contribution in [0.4, 0.5) is 0 Å². The van der Waals surface area contributed by atoms with Crippen molar-refractivity contribution in [1.82, 2.24) is 0 Å². The van der Waals surface area contributed by atoms with E-state index < -0.39 is 0 Å². The summed E-state index contributed by atoms with van der Waals surface area (Å²) >= 11 is 1.89. The molecular formula is C16H19NS. The average molecular weight is 257 g/mol. The first-order valence-electron chi connectivity index (χ1n) is 6.64. The summed E-state index contributed by atoms with van der Waals surface area (Å²) in [5.74, 6) is 0.503. The molecule has 0 amide bonds. The number of fused-ring (bicyclic) bond motifs is 1. The van der Waals surface area contributed by atoms with E-state index in [9.17, 15) is 0 Å². The monoisotopic (exact) mass is 257 g/mol. The molecule has 0 spiro atoms. The van der Waals surface area contributed by atoms with E-state index in [4.69, 9.17) is 5.73 Å². The molecule has 1 aliphatic carbocycles. The molecule has 2 unspecified atom stereocenters. The van der Waals surface area contributed by atoms with Gasteiger partial charge in [0.1, 0.15) is 0 Å². The Bertz CT molecular complexity index is 526. The first-order valence-corrected chi connectivity index (χ1v) is 7.52. The van der Waals surface area contributed by atoms with Crippen molar-refractivity contribution >= 4 is 11.3 Å². The largest absolute Gasteiger partial charge is 0.323 e. The molecular weight excluding hydrogens is 238 g/mol. The van der Waals surface area contributed by atoms with Gasteiger partial charge in [-0.2, -0.15) is 0 Å². The first kappa shape index (κ1) is 11.9. The zero-order chi connectivity index (χ0) is 12.5. The van der Waals surface area contributed by atoms with Crippen molar-refractivity contribution in [2.45, 2.75) is 38.1 Å². The van der Waals surface area contributed by atoms with E-state index in [0.29, 0.717) is 5.92 Å². The van der Waals surface area contributed by atoms with Crippen molar-refractivity contribution in [3.63, 3.8) is 0 Å². The summed E-state index contributed by atoms with van der Waals surface area (Å²) in [7, 11) is 0. The maximum absolute atomic E-state index is 6.50. The Morgan fingerprint density at radius 1 is 1.22 bits per heavy atom. The molecule has 2 N–H and O–H groups in total. The Balaban J connectivity index is 1.90. The highest BCUT2D eigenvalue weighted by atomic mass is 32.1. The molecule has 1 aromatic heterocycles. The van der Waals surface area contributed by atoms with Crippen LogP contribution in [0.25, 0.3) is 0 Å². The number of benzene rings is 1. The molecule has 0 fully saturated rings. The zero-order valence-electron chi connectivity index (χ0n) is 10.7. The fraction of sp³-hybridized carbons (Fsp3) is 0.375. The molecule has 94 valence electrons. The smallest absolute Gasteiger partial charge is 0.0364 e. The second-order valence-corrected chi connectivity index (χ2v) is 6.23. The lowest BCUT2D eigenvalue weighted by Gasteiger charge is -2.28. The molecule has 3 rings (SSSR count). The number of aryl methyl sites for hydroxylation is 2. The molecule has 0 saturated carbocycles. The van der Waals surface area contributed by atoms with Crippen LogP contribution in [0.1, 0.15) is 46.4 Å². The summed E-state index contributed by atoms with van der Waals surface area (Å²) in [6, 6.07) is 11.1. The fourth-order valence-corrected chi connectivity index (χ4v) is 3.91. The molecule has 0 bridgehead atoms. The van der Waals surface area contributed by atoms with Gasteiger partial charge in [-0.25, -0.2) is 0 Å². The third-order valence-electron chi connectivity index (χ3n) is 3.99. The summed E-state index contributed by atoms with van der Waals surface area (Å²) in [4.78, 5) is 1.55. The van der Waals surface area contributed by atoms with Crippen LogP contribution in [-0.2, 0) is 6.42 Å². The average Bonchev–Trinajstić information content (AvgIpc) is 2.87. The van der Waals surface area contributed by atoms with Gasteiger partial charge in [0.05, 0.1) is 0 Å². The highest BCUT2D eigenvalue weighted by Crippen LogP contribution is 2.41. The standard InChI is InChI=1S/C16H19NS/c1-11-5-7-12(8-6-11)16(17)14-3-2-4-15-13(14)9-10-18-15/h5-10,14,16H,2-4,17H2,1H3. The normalized spacial score (nSPS) is 20.4. The summed E-state index contributed by atoms with van der Waals surface area (Å²) < 4.78 is 0. The maximum atomic E-state index is 6.50. The molecule has 0 radical (unpaired) electrons. The van der Waals surface area contributed by atoms with Gasteiger partial charge in [0, 0.05) is 16.8 Å². The SMILES string of the molecule is Cc1ccc(C(N)C2CCCc3sccc32)cc1. The van der Waals surface area contributed by atoms with E-state index in [1.54, 1.807) is 4.88 Å². The molecule has 2 atom stereocenters. The molecule has 1 heterocycles. The first-order chi connectivity index (χ1) is 8.75. The van der Waals surface area contributed by atoms with Crippen molar-refractivity contribution < 1.29 is 0 Å². The van der Waals surface area contributed by atoms with Crippen molar-refractivity contribution in [2.75, 3.05) is 0 Å². The minimum Gasteiger partial charge on any atom is -0.323 e. The quantitative estimate of drug-likeness (QED) is 0.858. The van der Waals surface area contributed by atoms with Crippen molar-refractivity contribution in [3.8, 4) is 0 Å². The van der Waals surface area contributed by atoms with Crippen molar-refractivity contribution in [1.29, 1.82) is 0 Å². The third kappa shape index (κ3) is 2.11. The molecule has 2 heteroatoms. The van der Waals surface area contributed by atoms with Crippen LogP contribution < -0.4 is 5.73 Å². The Morgan fingerprint density at radius 2 is 2.00 bits per heavy atom. The van der Waals surface area contributed by atoms with Gasteiger partial charge in [0.15, 0.2) is 0 Å². The zero-order valence-corrected chi connectivity index (χ0v) is 11.5. The lowest BCUT2D eigenvalue weighted by molar-refractivity contribution is 0.479. The lowest BCUT2D eigenvalue weighted by atomic mass is 9.80. The van der Waals surface area contributed by atoms with Gasteiger partial charge < -0.3 is 5.73 Å². The number of hydrogen-bond donors (Lipinski definition) is 1. The van der Waals surface area contributed by atoms with Gasteiger partial charge in [-0.05, 0) is 48.8 Å². The van der Waals surface area contributed by atoms with Crippen LogP contribution in [-0.4, -0.2) is 0 Å². The Labute approximate surface area is 113 Å². The van der Waals surface area contributed by atoms with Crippen molar-refractivity contribution in [3.05, 3.63) is 57.3 Å². The van der Waals surface area contributed by atoms with Gasteiger partial charge in [-0.1, -0.05) is 29.8 Å². The van der Waals surface area contributed by atoms with Gasteiger partial charge in [0.2, 0.25) is 0 Å². The van der Waals surface area contributed by atoms with E-state index in [1.807, 2.05) is 11.3 Å². The summed E-state index contributed by atoms with van der Waals surface area (Å²) in [6.45, 7) is 2.12. The van der Waals surface area contributed by atoms with E-state index in [-0.39, 0.29) is 6.04 Å². The van der Waals surface area contributed by atoms with Crippen LogP contribution in [0.3, 0.4) is 0 Å². The summed E-state index contributed by atoms with van der Waals surface area (Å²) in [6.07, 6.45) is 3.74. The minimum atomic E-state index is 0.138. The molecule has 1 nitrogen and oxygen atoms in total. The minimum absolute atomic E-state index is 0.138. The molecule has 0 saturated heterocycles. The number of hydrogen-bond acceptors (Lipinski definition) is 2. The second-order valence-electron chi connectivity index (χ2n) is 5.23. The summed E-state index contributed by atoms with van der Waals surface area (Å²) in [5, 5.41) is 2.21. The van der Waals surface area contributed by atoms with Crippen LogP contribution in [0.2, 0.25) is 0 Å². The van der Waals surface area contributed by atoms with Crippen LogP contribution in [0.5, 0.6) is 0 Å².